The molecule has 0 amide bonds. The van der Waals surface area contributed by atoms with Crippen LogP contribution >= 0.6 is 36.2 Å². The van der Waals surface area contributed by atoms with Gasteiger partial charge in [-0.2, -0.15) is 0 Å². The lowest BCUT2D eigenvalue weighted by Gasteiger charge is -2.26. The van der Waals surface area contributed by atoms with Gasteiger partial charge in [0, 0.05) is 32.7 Å². The Kier molecular flexibility index (Phi) is 12.9. The third-order valence-corrected chi connectivity index (χ3v) is 4.12. The van der Waals surface area contributed by atoms with Crippen LogP contribution in [0.5, 0.6) is 5.06 Å². The van der Waals surface area contributed by atoms with Crippen molar-refractivity contribution in [2.45, 2.75) is 6.92 Å². The van der Waals surface area contributed by atoms with Gasteiger partial charge in [0.15, 0.2) is 5.06 Å². The summed E-state index contributed by atoms with van der Waals surface area (Å²) in [4.78, 5) is 6.58. The van der Waals surface area contributed by atoms with Gasteiger partial charge in [0.1, 0.15) is 12.4 Å². The maximum atomic E-state index is 11.9. The van der Waals surface area contributed by atoms with Gasteiger partial charge in [0.05, 0.1) is 11.2 Å². The molecule has 0 saturated carbocycles. The number of rotatable bonds is 4. The Labute approximate surface area is 159 Å². The van der Waals surface area contributed by atoms with Crippen molar-refractivity contribution in [3.05, 3.63) is 47.4 Å². The van der Waals surface area contributed by atoms with Gasteiger partial charge in [-0.1, -0.05) is 29.5 Å². The summed E-state index contributed by atoms with van der Waals surface area (Å²) in [7, 11) is 0. The largest absolute Gasteiger partial charge is 0.481 e. The zero-order chi connectivity index (χ0) is 15.6. The summed E-state index contributed by atoms with van der Waals surface area (Å²) in [5, 5.41) is 4.30. The second-order valence-electron chi connectivity index (χ2n) is 4.96. The molecule has 0 unspecified atom stereocenters. The van der Waals surface area contributed by atoms with Crippen molar-refractivity contribution in [3.63, 3.8) is 0 Å². The molecule has 1 N–H and O–H groups in total. The molecule has 3 rings (SSSR count). The van der Waals surface area contributed by atoms with Crippen LogP contribution in [0.4, 0.5) is 4.39 Å². The maximum absolute atomic E-state index is 11.9. The van der Waals surface area contributed by atoms with Crippen LogP contribution in [0.2, 0.25) is 0 Å². The van der Waals surface area contributed by atoms with E-state index in [9.17, 15) is 4.39 Å². The molecule has 2 heterocycles. The first kappa shape index (κ1) is 23.1. The van der Waals surface area contributed by atoms with Crippen molar-refractivity contribution in [3.8, 4) is 5.06 Å². The molecule has 4 nitrogen and oxygen atoms in total. The van der Waals surface area contributed by atoms with Crippen LogP contribution in [0.1, 0.15) is 5.69 Å². The van der Waals surface area contributed by atoms with Gasteiger partial charge in [-0.05, 0) is 19.1 Å². The first-order valence-corrected chi connectivity index (χ1v) is 8.30. The van der Waals surface area contributed by atoms with E-state index in [4.69, 9.17) is 4.74 Å². The quantitative estimate of drug-likeness (QED) is 0.860. The van der Waals surface area contributed by atoms with E-state index in [-0.39, 0.29) is 30.6 Å². The smallest absolute Gasteiger partial charge is 0.196 e. The fourth-order valence-electron chi connectivity index (χ4n) is 2.05. The maximum Gasteiger partial charge on any atom is 0.196 e. The molecule has 1 aliphatic heterocycles. The fourth-order valence-corrected chi connectivity index (χ4v) is 2.73. The molecule has 0 aliphatic carbocycles. The van der Waals surface area contributed by atoms with Gasteiger partial charge < -0.3 is 10.1 Å². The van der Waals surface area contributed by atoms with E-state index in [2.05, 4.69) is 15.2 Å². The summed E-state index contributed by atoms with van der Waals surface area (Å²) in [6.45, 7) is 8.22. The van der Waals surface area contributed by atoms with Crippen molar-refractivity contribution >= 4 is 36.2 Å². The Morgan fingerprint density at radius 3 is 2.38 bits per heavy atom. The highest BCUT2D eigenvalue weighted by atomic mass is 35.5. The molecule has 1 aromatic heterocycles. The van der Waals surface area contributed by atoms with Crippen LogP contribution in [0.15, 0.2) is 35.8 Å². The number of halogens is 3. The number of hydrogen-bond donors (Lipinski definition) is 1. The van der Waals surface area contributed by atoms with E-state index >= 15 is 0 Å². The van der Waals surface area contributed by atoms with Crippen LogP contribution in [0.3, 0.4) is 0 Å². The van der Waals surface area contributed by atoms with Gasteiger partial charge >= 0.3 is 0 Å². The van der Waals surface area contributed by atoms with Crippen molar-refractivity contribution in [1.82, 2.24) is 15.2 Å². The summed E-state index contributed by atoms with van der Waals surface area (Å²) in [6, 6.07) is 7.94. The van der Waals surface area contributed by atoms with E-state index in [0.717, 1.165) is 50.1 Å². The lowest BCUT2D eigenvalue weighted by molar-refractivity contribution is 0.193. The Morgan fingerprint density at radius 1 is 1.21 bits per heavy atom. The molecule has 8 heteroatoms. The molecule has 1 fully saturated rings. The minimum Gasteiger partial charge on any atom is -0.481 e. The topological polar surface area (TPSA) is 37.4 Å². The lowest BCUT2D eigenvalue weighted by Crippen LogP contribution is -2.44. The first-order chi connectivity index (χ1) is 10.8. The molecule has 0 radical (unpaired) electrons. The Morgan fingerprint density at radius 2 is 1.88 bits per heavy atom. The van der Waals surface area contributed by atoms with E-state index in [1.54, 1.807) is 29.5 Å². The Bertz CT molecular complexity index is 539. The van der Waals surface area contributed by atoms with Crippen molar-refractivity contribution in [2.24, 2.45) is 0 Å². The minimum atomic E-state index is -0.178. The molecule has 1 aromatic carbocycles. The zero-order valence-corrected chi connectivity index (χ0v) is 16.1. The molecule has 1 saturated heterocycles. The van der Waals surface area contributed by atoms with E-state index < -0.39 is 0 Å². The molecule has 136 valence electrons. The molecule has 1 aliphatic rings. The standard InChI is InChI=1S/C10H17N3OS.C6H5F.2ClH/c1-9-10(15-8-12-9)14-7-6-13-4-2-11-3-5-13;7-6-4-2-1-3-5-6;;/h8,11H,2-7H2,1H3;1-5H;2*1H. The Balaban J connectivity index is 0.000000504. The summed E-state index contributed by atoms with van der Waals surface area (Å²) in [6.07, 6.45) is 0. The zero-order valence-electron chi connectivity index (χ0n) is 13.6. The van der Waals surface area contributed by atoms with Crippen molar-refractivity contribution in [2.75, 3.05) is 39.3 Å². The van der Waals surface area contributed by atoms with Gasteiger partial charge in [-0.15, -0.1) is 24.8 Å². The third-order valence-electron chi connectivity index (χ3n) is 3.28. The molecular weight excluding hydrogens is 372 g/mol. The molecule has 0 spiro atoms. The number of nitrogens with one attached hydrogen (secondary N) is 1. The van der Waals surface area contributed by atoms with Gasteiger partial charge in [0.2, 0.25) is 0 Å². The number of nitrogens with zero attached hydrogens (tertiary/aromatic N) is 2. The second kappa shape index (κ2) is 13.4. The Hall–Kier alpha value is -0.920. The third kappa shape index (κ3) is 8.80. The predicted molar refractivity (Wildman–Crippen MR) is 103 cm³/mol. The highest BCUT2D eigenvalue weighted by Gasteiger charge is 2.09. The fraction of sp³-hybridized carbons (Fsp3) is 0.438. The van der Waals surface area contributed by atoms with Gasteiger partial charge in [-0.3, -0.25) is 4.90 Å². The highest BCUT2D eigenvalue weighted by Crippen LogP contribution is 2.21. The number of aryl methyl sites for hydroxylation is 1. The van der Waals surface area contributed by atoms with Crippen LogP contribution in [-0.4, -0.2) is 49.2 Å². The van der Waals surface area contributed by atoms with Crippen LogP contribution in [0, 0.1) is 12.7 Å². The van der Waals surface area contributed by atoms with E-state index in [0.29, 0.717) is 0 Å². The normalized spacial score (nSPS) is 13.8. The number of thiazole rings is 1. The van der Waals surface area contributed by atoms with Crippen molar-refractivity contribution in [1.29, 1.82) is 0 Å². The molecule has 0 bridgehead atoms. The summed E-state index contributed by atoms with van der Waals surface area (Å²) in [5.41, 5.74) is 2.83. The average molecular weight is 396 g/mol. The second-order valence-corrected chi connectivity index (χ2v) is 5.78. The van der Waals surface area contributed by atoms with Crippen molar-refractivity contribution < 1.29 is 9.13 Å². The van der Waals surface area contributed by atoms with E-state index in [1.165, 1.54) is 12.1 Å². The molecule has 0 atom stereocenters. The van der Waals surface area contributed by atoms with Crippen LogP contribution in [0.25, 0.3) is 0 Å². The summed E-state index contributed by atoms with van der Waals surface area (Å²) < 4.78 is 17.6. The number of ether oxygens (including phenoxy) is 1. The number of benzene rings is 1. The number of aromatic nitrogens is 1. The summed E-state index contributed by atoms with van der Waals surface area (Å²) >= 11 is 1.57. The molecular formula is C16H24Cl2FN3OS. The van der Waals surface area contributed by atoms with E-state index in [1.807, 2.05) is 12.4 Å². The first-order valence-electron chi connectivity index (χ1n) is 7.42. The molecule has 24 heavy (non-hydrogen) atoms. The lowest BCUT2D eigenvalue weighted by atomic mass is 10.4. The SMILES string of the molecule is Cc1ncsc1OCCN1CCNCC1.Cl.Cl.Fc1ccccc1. The number of hydrogen-bond acceptors (Lipinski definition) is 5. The minimum absolute atomic E-state index is 0. The van der Waals surface area contributed by atoms with Crippen LogP contribution in [-0.2, 0) is 0 Å². The number of piperazine rings is 1. The van der Waals surface area contributed by atoms with Crippen LogP contribution < -0.4 is 10.1 Å². The van der Waals surface area contributed by atoms with Gasteiger partial charge in [-0.25, -0.2) is 9.37 Å². The molecule has 2 aromatic rings. The monoisotopic (exact) mass is 395 g/mol. The predicted octanol–water partition coefficient (Wildman–Crippen LogP) is 3.40. The highest BCUT2D eigenvalue weighted by molar-refractivity contribution is 7.11. The van der Waals surface area contributed by atoms with Gasteiger partial charge in [0.25, 0.3) is 0 Å². The average Bonchev–Trinajstić information content (AvgIpc) is 2.95. The summed E-state index contributed by atoms with van der Waals surface area (Å²) in [5.74, 6) is -0.178.